The molecule has 0 fully saturated rings. The van der Waals surface area contributed by atoms with E-state index in [1.807, 2.05) is 12.1 Å². The first-order valence-corrected chi connectivity index (χ1v) is 22.0. The molecule has 2 aromatic rings. The normalized spacial score (nSPS) is 12.3. The number of hydrogen-bond acceptors (Lipinski definition) is 1. The Hall–Kier alpha value is 0.780. The molecule has 2 rings (SSSR count). The van der Waals surface area contributed by atoms with Gasteiger partial charge in [-0.3, -0.25) is 0 Å². The number of halogens is 3. The van der Waals surface area contributed by atoms with E-state index < -0.39 is 10.3 Å². The molecule has 0 atom stereocenters. The van der Waals surface area contributed by atoms with Gasteiger partial charge in [0.15, 0.2) is 0 Å². The maximum atomic E-state index is 5.97. The molecule has 0 radical (unpaired) electrons. The fourth-order valence-electron chi connectivity index (χ4n) is 1.66. The standard InChI is InChI=1S/C14H14ClI2NTe/c1-18(2)12-5-9-14(10-6-12)19(16,17)13-7-3-11(15)4-8-13/h3-10H,1-2H3. The van der Waals surface area contributed by atoms with Crippen molar-refractivity contribution in [1.29, 1.82) is 0 Å². The maximum absolute atomic E-state index is 5.97. The Morgan fingerprint density at radius 1 is 0.842 bits per heavy atom. The molecule has 0 aromatic heterocycles. The van der Waals surface area contributed by atoms with Gasteiger partial charge < -0.3 is 0 Å². The molecule has 2 aromatic carbocycles. The fourth-order valence-corrected chi connectivity index (χ4v) is 13.2. The molecule has 0 N–H and O–H groups in total. The summed E-state index contributed by atoms with van der Waals surface area (Å²) in [6.45, 7) is 0. The van der Waals surface area contributed by atoms with E-state index in [4.69, 9.17) is 11.6 Å². The van der Waals surface area contributed by atoms with Crippen molar-refractivity contribution < 1.29 is 0 Å². The van der Waals surface area contributed by atoms with Gasteiger partial charge in [-0.15, -0.1) is 0 Å². The van der Waals surface area contributed by atoms with Crippen molar-refractivity contribution in [3.63, 3.8) is 0 Å². The predicted molar refractivity (Wildman–Crippen MR) is 105 cm³/mol. The van der Waals surface area contributed by atoms with Gasteiger partial charge in [-0.25, -0.2) is 0 Å². The Labute approximate surface area is 143 Å². The van der Waals surface area contributed by atoms with E-state index in [-0.39, 0.29) is 0 Å². The Morgan fingerprint density at radius 3 is 1.68 bits per heavy atom. The second-order valence-electron chi connectivity index (χ2n) is 4.31. The number of benzene rings is 2. The van der Waals surface area contributed by atoms with Crippen LogP contribution in [0.25, 0.3) is 0 Å². The molecule has 102 valence electrons. The van der Waals surface area contributed by atoms with Crippen molar-refractivity contribution in [2.45, 2.75) is 0 Å². The topological polar surface area (TPSA) is 3.24 Å². The van der Waals surface area contributed by atoms with E-state index in [0.29, 0.717) is 0 Å². The minimum absolute atomic E-state index is 0.804. The molecule has 0 amide bonds. The average molecular weight is 613 g/mol. The van der Waals surface area contributed by atoms with E-state index in [1.54, 1.807) is 0 Å². The Bertz CT molecular complexity index is 553. The van der Waals surface area contributed by atoms with Crippen LogP contribution < -0.4 is 12.1 Å². The quantitative estimate of drug-likeness (QED) is 0.376. The third kappa shape index (κ3) is 3.91. The van der Waals surface area contributed by atoms with E-state index in [1.165, 1.54) is 12.9 Å². The van der Waals surface area contributed by atoms with Gasteiger partial charge in [0, 0.05) is 0 Å². The summed E-state index contributed by atoms with van der Waals surface area (Å²) in [4.78, 5) is 2.13. The van der Waals surface area contributed by atoms with Crippen LogP contribution in [0.15, 0.2) is 48.5 Å². The zero-order chi connectivity index (χ0) is 14.0. The number of nitrogens with zero attached hydrogens (tertiary/aromatic N) is 1. The van der Waals surface area contributed by atoms with Gasteiger partial charge in [-0.2, -0.15) is 0 Å². The first-order valence-electron chi connectivity index (χ1n) is 5.67. The zero-order valence-corrected chi connectivity index (χ0v) is 18.0. The molecule has 5 heteroatoms. The monoisotopic (exact) mass is 615 g/mol. The minimum atomic E-state index is -2.26. The van der Waals surface area contributed by atoms with Crippen LogP contribution in [0.1, 0.15) is 0 Å². The number of hydrogen-bond donors (Lipinski definition) is 0. The van der Waals surface area contributed by atoms with Crippen LogP contribution in [-0.2, 0) is 0 Å². The molecule has 0 saturated heterocycles. The number of anilines is 1. The van der Waals surface area contributed by atoms with E-state index in [2.05, 4.69) is 92.8 Å². The molecule has 0 spiro atoms. The van der Waals surface area contributed by atoms with Crippen molar-refractivity contribution in [2.75, 3.05) is 19.0 Å². The molecule has 0 aliphatic rings. The summed E-state index contributed by atoms with van der Waals surface area (Å²) in [5, 5.41) is 0.804. The Kier molecular flexibility index (Phi) is 5.69. The third-order valence-corrected chi connectivity index (χ3v) is 21.6. The first-order chi connectivity index (χ1) is 8.91. The van der Waals surface area contributed by atoms with Crippen LogP contribution in [0, 0.1) is 0 Å². The molecule has 0 unspecified atom stereocenters. The molecule has 0 saturated carbocycles. The van der Waals surface area contributed by atoms with Crippen LogP contribution in [-0.4, -0.2) is 24.4 Å². The van der Waals surface area contributed by atoms with Gasteiger partial charge >= 0.3 is 145 Å². The molecular weight excluding hydrogens is 599 g/mol. The third-order valence-electron chi connectivity index (χ3n) is 2.76. The zero-order valence-electron chi connectivity index (χ0n) is 10.6. The molecule has 0 aliphatic heterocycles. The van der Waals surface area contributed by atoms with Gasteiger partial charge in [0.05, 0.1) is 0 Å². The van der Waals surface area contributed by atoms with E-state index in [0.717, 1.165) is 5.02 Å². The second-order valence-corrected chi connectivity index (χ2v) is 39.1. The van der Waals surface area contributed by atoms with E-state index >= 15 is 0 Å². The van der Waals surface area contributed by atoms with E-state index in [9.17, 15) is 0 Å². The Balaban J connectivity index is 2.35. The summed E-state index contributed by atoms with van der Waals surface area (Å²) in [7, 11) is 1.87. The molecule has 0 heterocycles. The molecule has 0 bridgehead atoms. The SMILES string of the molecule is CN(C)c1ccc([Te](I)(I)c2ccc(Cl)cc2)cc1. The average Bonchev–Trinajstić information content (AvgIpc) is 2.39. The van der Waals surface area contributed by atoms with Crippen LogP contribution >= 0.6 is 49.0 Å². The molecule has 1 nitrogen and oxygen atoms in total. The second kappa shape index (κ2) is 6.69. The fraction of sp³-hybridized carbons (Fsp3) is 0.143. The van der Waals surface area contributed by atoms with Gasteiger partial charge in [0.25, 0.3) is 0 Å². The molecule has 0 aliphatic carbocycles. The molecule has 19 heavy (non-hydrogen) atoms. The van der Waals surface area contributed by atoms with Crippen LogP contribution in [0.3, 0.4) is 0 Å². The van der Waals surface area contributed by atoms with Gasteiger partial charge in [0.2, 0.25) is 0 Å². The summed E-state index contributed by atoms with van der Waals surface area (Å²) < 4.78 is 2.91. The van der Waals surface area contributed by atoms with Crippen molar-refractivity contribution in [2.24, 2.45) is 0 Å². The summed E-state index contributed by atoms with van der Waals surface area (Å²) in [6.07, 6.45) is 0. The summed E-state index contributed by atoms with van der Waals surface area (Å²) >= 11 is 11.3. The van der Waals surface area contributed by atoms with Crippen LogP contribution in [0.2, 0.25) is 5.02 Å². The first kappa shape index (κ1) is 16.2. The Morgan fingerprint density at radius 2 is 1.26 bits per heavy atom. The van der Waals surface area contributed by atoms with Crippen molar-refractivity contribution in [1.82, 2.24) is 0 Å². The van der Waals surface area contributed by atoms with Crippen LogP contribution in [0.4, 0.5) is 5.69 Å². The summed E-state index contributed by atoms with van der Waals surface area (Å²) in [5.74, 6) is 0. The van der Waals surface area contributed by atoms with Gasteiger partial charge in [0.1, 0.15) is 0 Å². The molecular formula is C14H14ClI2NTe. The van der Waals surface area contributed by atoms with Gasteiger partial charge in [-0.1, -0.05) is 0 Å². The van der Waals surface area contributed by atoms with Crippen molar-refractivity contribution >= 4 is 72.2 Å². The number of rotatable bonds is 3. The van der Waals surface area contributed by atoms with Crippen molar-refractivity contribution in [3.8, 4) is 0 Å². The summed E-state index contributed by atoms with van der Waals surface area (Å²) in [5.41, 5.74) is 1.24. The van der Waals surface area contributed by atoms with Gasteiger partial charge in [-0.05, 0) is 0 Å². The summed E-state index contributed by atoms with van der Waals surface area (Å²) in [6, 6.07) is 17.2. The van der Waals surface area contributed by atoms with Crippen molar-refractivity contribution in [3.05, 3.63) is 53.6 Å². The van der Waals surface area contributed by atoms with Crippen LogP contribution in [0.5, 0.6) is 0 Å². The predicted octanol–water partition coefficient (Wildman–Crippen LogP) is 3.83.